The summed E-state index contributed by atoms with van der Waals surface area (Å²) in [5.41, 5.74) is 0. The van der Waals surface area contributed by atoms with E-state index in [1.54, 1.807) is 6.08 Å². The molecule has 0 aromatic rings. The number of likely N-dealkylation sites (N-methyl/N-ethyl adjacent to an activating group) is 1. The van der Waals surface area contributed by atoms with Crippen LogP contribution >= 0.6 is 7.82 Å². The number of quaternary nitrogens is 1. The minimum Gasteiger partial charge on any atom is -0.756 e. The van der Waals surface area contributed by atoms with E-state index in [1.807, 2.05) is 40.2 Å². The lowest BCUT2D eigenvalue weighted by molar-refractivity contribution is -0.870. The molecule has 3 unspecified atom stereocenters. The zero-order valence-corrected chi connectivity index (χ0v) is 42.5. The Kier molecular flexibility index (Phi) is 44.0. The van der Waals surface area contributed by atoms with E-state index < -0.39 is 26.6 Å². The predicted octanol–water partition coefficient (Wildman–Crippen LogP) is 14.8. The average molecular weight is 895 g/mol. The van der Waals surface area contributed by atoms with Gasteiger partial charge in [-0.05, 0) is 39.0 Å². The van der Waals surface area contributed by atoms with E-state index in [0.29, 0.717) is 17.4 Å². The van der Waals surface area contributed by atoms with Crippen molar-refractivity contribution in [1.29, 1.82) is 0 Å². The van der Waals surface area contributed by atoms with Gasteiger partial charge in [0, 0.05) is 6.42 Å². The number of unbranched alkanes of at least 4 members (excludes halogenated alkanes) is 32. The summed E-state index contributed by atoms with van der Waals surface area (Å²) in [5.74, 6) is -0.211. The minimum absolute atomic E-state index is 0.00822. The molecule has 366 valence electrons. The number of amides is 1. The highest BCUT2D eigenvalue weighted by atomic mass is 31.2. The van der Waals surface area contributed by atoms with Crippen LogP contribution in [0.25, 0.3) is 0 Å². The van der Waals surface area contributed by atoms with Crippen molar-refractivity contribution in [1.82, 2.24) is 5.32 Å². The van der Waals surface area contributed by atoms with Crippen molar-refractivity contribution in [2.45, 2.75) is 257 Å². The van der Waals surface area contributed by atoms with Crippen molar-refractivity contribution in [3.63, 3.8) is 0 Å². The molecule has 8 nitrogen and oxygen atoms in total. The molecule has 0 aliphatic carbocycles. The number of carbonyl (C=O) groups excluding carboxylic acids is 1. The maximum atomic E-state index is 12.9. The fourth-order valence-electron chi connectivity index (χ4n) is 7.78. The number of nitrogens with zero attached hydrogens (tertiary/aromatic N) is 1. The van der Waals surface area contributed by atoms with E-state index >= 15 is 0 Å². The Labute approximate surface area is 385 Å². The van der Waals surface area contributed by atoms with Gasteiger partial charge in [0.15, 0.2) is 0 Å². The second kappa shape index (κ2) is 44.9. The quantitative estimate of drug-likeness (QED) is 0.0273. The van der Waals surface area contributed by atoms with Gasteiger partial charge in [-0.1, -0.05) is 236 Å². The fraction of sp³-hybridized carbons (Fsp3) is 0.868. The van der Waals surface area contributed by atoms with Crippen LogP contribution in [-0.2, 0) is 18.4 Å². The van der Waals surface area contributed by atoms with Crippen molar-refractivity contribution >= 4 is 13.7 Å². The highest BCUT2D eigenvalue weighted by molar-refractivity contribution is 7.45. The molecule has 0 saturated heterocycles. The lowest BCUT2D eigenvalue weighted by Gasteiger charge is -2.29. The van der Waals surface area contributed by atoms with Crippen molar-refractivity contribution in [2.24, 2.45) is 0 Å². The molecule has 0 aliphatic rings. The van der Waals surface area contributed by atoms with E-state index in [2.05, 4.69) is 30.5 Å². The molecule has 0 fully saturated rings. The molecule has 0 aromatic heterocycles. The van der Waals surface area contributed by atoms with Crippen LogP contribution in [0.4, 0.5) is 0 Å². The molecule has 0 bridgehead atoms. The first kappa shape index (κ1) is 60.7. The molecule has 0 spiro atoms. The van der Waals surface area contributed by atoms with Gasteiger partial charge in [-0.3, -0.25) is 9.36 Å². The number of hydrogen-bond acceptors (Lipinski definition) is 6. The largest absolute Gasteiger partial charge is 0.756 e. The van der Waals surface area contributed by atoms with Crippen molar-refractivity contribution in [2.75, 3.05) is 40.9 Å². The lowest BCUT2D eigenvalue weighted by Crippen LogP contribution is -2.45. The molecule has 62 heavy (non-hydrogen) atoms. The summed E-state index contributed by atoms with van der Waals surface area (Å²) in [6, 6.07) is -0.905. The Morgan fingerprint density at radius 2 is 0.935 bits per heavy atom. The van der Waals surface area contributed by atoms with Gasteiger partial charge in [0.2, 0.25) is 5.91 Å². The van der Waals surface area contributed by atoms with Crippen LogP contribution in [0, 0.1) is 0 Å². The average Bonchev–Trinajstić information content (AvgIpc) is 3.23. The van der Waals surface area contributed by atoms with Gasteiger partial charge in [0.1, 0.15) is 13.2 Å². The van der Waals surface area contributed by atoms with Crippen LogP contribution < -0.4 is 10.2 Å². The number of phosphoric acid groups is 1. The number of hydrogen-bond donors (Lipinski definition) is 2. The molecule has 1 amide bonds. The maximum absolute atomic E-state index is 12.9. The van der Waals surface area contributed by atoms with Crippen molar-refractivity contribution in [3.8, 4) is 0 Å². The summed E-state index contributed by atoms with van der Waals surface area (Å²) in [4.78, 5) is 25.3. The van der Waals surface area contributed by atoms with Gasteiger partial charge in [-0.25, -0.2) is 0 Å². The molecule has 0 radical (unpaired) electrons. The third-order valence-electron chi connectivity index (χ3n) is 11.9. The van der Waals surface area contributed by atoms with Gasteiger partial charge in [-0.15, -0.1) is 0 Å². The molecule has 0 saturated carbocycles. The predicted molar refractivity (Wildman–Crippen MR) is 265 cm³/mol. The van der Waals surface area contributed by atoms with Gasteiger partial charge >= 0.3 is 0 Å². The Bertz CT molecular complexity index is 1110. The smallest absolute Gasteiger partial charge is 0.268 e. The van der Waals surface area contributed by atoms with E-state index in [4.69, 9.17) is 9.05 Å². The van der Waals surface area contributed by atoms with Gasteiger partial charge in [-0.2, -0.15) is 0 Å². The van der Waals surface area contributed by atoms with E-state index in [9.17, 15) is 19.4 Å². The highest BCUT2D eigenvalue weighted by Crippen LogP contribution is 2.38. The standard InChI is InChI=1S/C53H103N2O6P/c1-6-8-10-12-14-16-17-18-19-20-21-22-23-24-25-26-27-28-29-30-31-32-33-34-35-36-37-39-41-43-45-47-53(57)54-51(50-61-62(58,59)60-49-48-55(3,4)5)52(56)46-44-42-40-38-15-13-11-9-7-2/h7,9,15,38,44,46,51-52,56H,6,8,10-14,16-37,39-43,45,47-50H2,1-5H3,(H-,54,57,58,59)/b9-7+,38-15+,46-44+. The van der Waals surface area contributed by atoms with Crippen LogP contribution in [0.15, 0.2) is 36.5 Å². The van der Waals surface area contributed by atoms with Gasteiger partial charge < -0.3 is 28.8 Å². The minimum atomic E-state index is -4.59. The Morgan fingerprint density at radius 1 is 0.581 bits per heavy atom. The number of allylic oxidation sites excluding steroid dienone is 5. The lowest BCUT2D eigenvalue weighted by atomic mass is 10.0. The Hall–Kier alpha value is -1.28. The summed E-state index contributed by atoms with van der Waals surface area (Å²) in [7, 11) is 1.24. The number of nitrogens with one attached hydrogen (secondary N) is 1. The second-order valence-electron chi connectivity index (χ2n) is 19.2. The summed E-state index contributed by atoms with van der Waals surface area (Å²) in [5, 5.41) is 13.7. The molecule has 2 N–H and O–H groups in total. The number of carbonyl (C=O) groups is 1. The number of rotatable bonds is 48. The maximum Gasteiger partial charge on any atom is 0.268 e. The third-order valence-corrected chi connectivity index (χ3v) is 12.9. The first-order valence-electron chi connectivity index (χ1n) is 26.3. The Balaban J connectivity index is 3.93. The van der Waals surface area contributed by atoms with Crippen LogP contribution in [0.2, 0.25) is 0 Å². The van der Waals surface area contributed by atoms with E-state index in [-0.39, 0.29) is 12.5 Å². The summed E-state index contributed by atoms with van der Waals surface area (Å²) in [6.45, 7) is 4.40. The van der Waals surface area contributed by atoms with Crippen LogP contribution in [0.5, 0.6) is 0 Å². The highest BCUT2D eigenvalue weighted by Gasteiger charge is 2.23. The number of aliphatic hydroxyl groups is 1. The zero-order chi connectivity index (χ0) is 45.7. The molecule has 9 heteroatoms. The van der Waals surface area contributed by atoms with E-state index in [0.717, 1.165) is 44.9 Å². The normalized spacial score (nSPS) is 14.4. The SMILES string of the molecule is C/C=C/CC/C=C/CC/C=C/C(O)C(COP(=O)([O-])OCC[N+](C)(C)C)NC(=O)CCCCCCCCCCCCCCCCCCCCCCCCCCCCCCCCC. The summed E-state index contributed by atoms with van der Waals surface area (Å²) in [6.07, 6.45) is 57.0. The van der Waals surface area contributed by atoms with Crippen LogP contribution in [-0.4, -0.2) is 68.5 Å². The second-order valence-corrected chi connectivity index (χ2v) is 20.6. The summed E-state index contributed by atoms with van der Waals surface area (Å²) < 4.78 is 23.1. The first-order chi connectivity index (χ1) is 30.0. The molecular formula is C53H103N2O6P. The van der Waals surface area contributed by atoms with Gasteiger partial charge in [0.25, 0.3) is 7.82 Å². The van der Waals surface area contributed by atoms with Crippen LogP contribution in [0.1, 0.15) is 245 Å². The van der Waals surface area contributed by atoms with Crippen molar-refractivity contribution < 1.29 is 32.9 Å². The monoisotopic (exact) mass is 895 g/mol. The molecule has 0 heterocycles. The molecule has 3 atom stereocenters. The van der Waals surface area contributed by atoms with Crippen molar-refractivity contribution in [3.05, 3.63) is 36.5 Å². The summed E-state index contributed by atoms with van der Waals surface area (Å²) >= 11 is 0. The van der Waals surface area contributed by atoms with Gasteiger partial charge in [0.05, 0.1) is 39.9 Å². The third kappa shape index (κ3) is 46.7. The molecule has 0 aromatic carbocycles. The van der Waals surface area contributed by atoms with Crippen LogP contribution in [0.3, 0.4) is 0 Å². The molecule has 0 rings (SSSR count). The van der Waals surface area contributed by atoms with E-state index in [1.165, 1.54) is 180 Å². The zero-order valence-electron chi connectivity index (χ0n) is 41.6. The first-order valence-corrected chi connectivity index (χ1v) is 27.8. The molecular weight excluding hydrogens is 792 g/mol. The molecule has 0 aliphatic heterocycles. The topological polar surface area (TPSA) is 108 Å². The fourth-order valence-corrected chi connectivity index (χ4v) is 8.51. The number of aliphatic hydroxyl groups excluding tert-OH is 1. The number of phosphoric ester groups is 1. The Morgan fingerprint density at radius 3 is 1.31 bits per heavy atom.